The second kappa shape index (κ2) is 8.40. The average Bonchev–Trinajstić information content (AvgIpc) is 2.65. The van der Waals surface area contributed by atoms with Gasteiger partial charge in [-0.2, -0.15) is 4.31 Å². The quantitative estimate of drug-likeness (QED) is 0.651. The van der Waals surface area contributed by atoms with E-state index in [0.717, 1.165) is 48.6 Å². The zero-order chi connectivity index (χ0) is 18.6. The van der Waals surface area contributed by atoms with E-state index in [4.69, 9.17) is 4.74 Å². The Hall–Kier alpha value is -1.59. The van der Waals surface area contributed by atoms with Crippen molar-refractivity contribution in [3.8, 4) is 5.75 Å². The van der Waals surface area contributed by atoms with E-state index in [1.54, 1.807) is 10.4 Å². The van der Waals surface area contributed by atoms with Crippen LogP contribution in [0.4, 0.5) is 0 Å². The molecule has 0 unspecified atom stereocenters. The third-order valence-corrected chi connectivity index (χ3v) is 7.01. The number of fused-ring (bicyclic) bond motifs is 1. The highest BCUT2D eigenvalue weighted by atomic mass is 32.2. The van der Waals surface area contributed by atoms with Crippen LogP contribution < -0.4 is 4.74 Å². The van der Waals surface area contributed by atoms with Gasteiger partial charge in [-0.3, -0.25) is 0 Å². The summed E-state index contributed by atoms with van der Waals surface area (Å²) in [6.45, 7) is 6.15. The molecule has 1 heterocycles. The maximum absolute atomic E-state index is 13.2. The highest BCUT2D eigenvalue weighted by Gasteiger charge is 2.30. The predicted molar refractivity (Wildman–Crippen MR) is 106 cm³/mol. The second-order valence-corrected chi connectivity index (χ2v) is 9.18. The maximum atomic E-state index is 13.2. The van der Waals surface area contributed by atoms with Crippen molar-refractivity contribution in [3.05, 3.63) is 36.4 Å². The topological polar surface area (TPSA) is 46.6 Å². The van der Waals surface area contributed by atoms with Crippen LogP contribution in [0.5, 0.6) is 5.75 Å². The van der Waals surface area contributed by atoms with Gasteiger partial charge < -0.3 is 4.74 Å². The molecule has 2 aromatic carbocycles. The van der Waals surface area contributed by atoms with Crippen LogP contribution in [-0.2, 0) is 10.0 Å². The first-order valence-corrected chi connectivity index (χ1v) is 11.1. The summed E-state index contributed by atoms with van der Waals surface area (Å²) in [6, 6.07) is 11.2. The molecule has 26 heavy (non-hydrogen) atoms. The summed E-state index contributed by atoms with van der Waals surface area (Å²) in [5.74, 6) is 1.17. The van der Waals surface area contributed by atoms with Crippen LogP contribution in [-0.4, -0.2) is 32.4 Å². The molecule has 0 aromatic heterocycles. The van der Waals surface area contributed by atoms with Gasteiger partial charge in [-0.25, -0.2) is 8.42 Å². The van der Waals surface area contributed by atoms with Gasteiger partial charge in [0, 0.05) is 23.9 Å². The van der Waals surface area contributed by atoms with E-state index in [9.17, 15) is 8.42 Å². The Morgan fingerprint density at radius 3 is 2.62 bits per heavy atom. The molecule has 1 atom stereocenters. The molecule has 2 aromatic rings. The fourth-order valence-electron chi connectivity index (χ4n) is 3.63. The molecule has 4 nitrogen and oxygen atoms in total. The van der Waals surface area contributed by atoms with Crippen LogP contribution in [0, 0.1) is 5.92 Å². The van der Waals surface area contributed by atoms with Crippen LogP contribution in [0.3, 0.4) is 0 Å². The lowest BCUT2D eigenvalue weighted by atomic mass is 10.0. The van der Waals surface area contributed by atoms with Gasteiger partial charge in [0.15, 0.2) is 0 Å². The van der Waals surface area contributed by atoms with Crippen LogP contribution in [0.25, 0.3) is 10.8 Å². The minimum absolute atomic E-state index is 0.392. The molecule has 0 spiro atoms. The lowest BCUT2D eigenvalue weighted by molar-refractivity contribution is 0.281. The van der Waals surface area contributed by atoms with Crippen molar-refractivity contribution in [3.63, 3.8) is 0 Å². The Bertz CT molecular complexity index is 847. The summed E-state index contributed by atoms with van der Waals surface area (Å²) < 4.78 is 34.1. The molecule has 0 N–H and O–H groups in total. The Kier molecular flexibility index (Phi) is 6.20. The van der Waals surface area contributed by atoms with Gasteiger partial charge in [-0.1, -0.05) is 51.0 Å². The van der Waals surface area contributed by atoms with E-state index >= 15 is 0 Å². The lowest BCUT2D eigenvalue weighted by Crippen LogP contribution is -2.39. The van der Waals surface area contributed by atoms with Gasteiger partial charge >= 0.3 is 0 Å². The number of unbranched alkanes of at least 4 members (excludes halogenated alkanes) is 2. The zero-order valence-electron chi connectivity index (χ0n) is 15.8. The highest BCUT2D eigenvalue weighted by molar-refractivity contribution is 7.89. The molecule has 1 saturated heterocycles. The van der Waals surface area contributed by atoms with Gasteiger partial charge in [0.05, 0.1) is 11.5 Å². The molecule has 1 aliphatic rings. The number of piperidine rings is 1. The smallest absolute Gasteiger partial charge is 0.243 e. The maximum Gasteiger partial charge on any atom is 0.243 e. The van der Waals surface area contributed by atoms with Crippen molar-refractivity contribution >= 4 is 20.8 Å². The van der Waals surface area contributed by atoms with Crippen LogP contribution in [0.15, 0.2) is 41.3 Å². The van der Waals surface area contributed by atoms with Crippen LogP contribution in [0.1, 0.15) is 46.0 Å². The van der Waals surface area contributed by atoms with Crippen molar-refractivity contribution in [1.82, 2.24) is 4.31 Å². The van der Waals surface area contributed by atoms with Crippen molar-refractivity contribution in [2.45, 2.75) is 50.8 Å². The first kappa shape index (κ1) is 19.2. The SMILES string of the molecule is CCCCCOc1ccc(S(=O)(=O)N2CCC[C@@H](C)C2)c2ccccc12. The summed E-state index contributed by atoms with van der Waals surface area (Å²) in [5.41, 5.74) is 0. The first-order chi connectivity index (χ1) is 12.5. The minimum Gasteiger partial charge on any atom is -0.493 e. The molecule has 3 rings (SSSR count). The second-order valence-electron chi connectivity index (χ2n) is 7.27. The molecular weight excluding hydrogens is 346 g/mol. The summed E-state index contributed by atoms with van der Waals surface area (Å²) in [4.78, 5) is 0.392. The van der Waals surface area contributed by atoms with Crippen molar-refractivity contribution in [2.75, 3.05) is 19.7 Å². The molecule has 0 bridgehead atoms. The molecule has 0 saturated carbocycles. The van der Waals surface area contributed by atoms with Crippen molar-refractivity contribution in [1.29, 1.82) is 0 Å². The molecule has 142 valence electrons. The van der Waals surface area contributed by atoms with E-state index in [2.05, 4.69) is 13.8 Å². The minimum atomic E-state index is -3.49. The normalized spacial score (nSPS) is 18.9. The van der Waals surface area contributed by atoms with E-state index < -0.39 is 10.0 Å². The van der Waals surface area contributed by atoms with Crippen LogP contribution in [0.2, 0.25) is 0 Å². The Balaban J connectivity index is 1.94. The largest absolute Gasteiger partial charge is 0.493 e. The number of hydrogen-bond acceptors (Lipinski definition) is 3. The van der Waals surface area contributed by atoms with Gasteiger partial charge in [0.2, 0.25) is 10.0 Å². The standard InChI is InChI=1S/C21H29NO3S/c1-3-4-7-15-25-20-12-13-21(19-11-6-5-10-18(19)20)26(23,24)22-14-8-9-17(2)16-22/h5-6,10-13,17H,3-4,7-9,14-16H2,1-2H3/t17-/m1/s1. The number of ether oxygens (including phenoxy) is 1. The Morgan fingerprint density at radius 2 is 1.88 bits per heavy atom. The molecule has 1 fully saturated rings. The molecule has 5 heteroatoms. The monoisotopic (exact) mass is 375 g/mol. The van der Waals surface area contributed by atoms with Crippen molar-refractivity contribution in [2.24, 2.45) is 5.92 Å². The average molecular weight is 376 g/mol. The lowest BCUT2D eigenvalue weighted by Gasteiger charge is -2.30. The van der Waals surface area contributed by atoms with E-state index in [0.29, 0.717) is 30.5 Å². The predicted octanol–water partition coefficient (Wildman–Crippen LogP) is 4.83. The molecule has 1 aliphatic heterocycles. The number of sulfonamides is 1. The van der Waals surface area contributed by atoms with Gasteiger partial charge in [-0.05, 0) is 37.3 Å². The fourth-order valence-corrected chi connectivity index (χ4v) is 5.43. The highest BCUT2D eigenvalue weighted by Crippen LogP contribution is 2.34. The van der Waals surface area contributed by atoms with E-state index in [1.165, 1.54) is 0 Å². The Labute approximate surface area is 157 Å². The zero-order valence-corrected chi connectivity index (χ0v) is 16.6. The summed E-state index contributed by atoms with van der Waals surface area (Å²) in [6.07, 6.45) is 5.32. The van der Waals surface area contributed by atoms with E-state index in [1.807, 2.05) is 30.3 Å². The van der Waals surface area contributed by atoms with Crippen molar-refractivity contribution < 1.29 is 13.2 Å². The number of hydrogen-bond donors (Lipinski definition) is 0. The third kappa shape index (κ3) is 4.04. The summed E-state index contributed by atoms with van der Waals surface area (Å²) >= 11 is 0. The Morgan fingerprint density at radius 1 is 1.12 bits per heavy atom. The van der Waals surface area contributed by atoms with Gasteiger partial charge in [0.25, 0.3) is 0 Å². The summed E-state index contributed by atoms with van der Waals surface area (Å²) in [7, 11) is -3.49. The summed E-state index contributed by atoms with van der Waals surface area (Å²) in [5, 5.41) is 1.62. The number of benzene rings is 2. The van der Waals surface area contributed by atoms with Gasteiger partial charge in [0.1, 0.15) is 5.75 Å². The van der Waals surface area contributed by atoms with Crippen LogP contribution >= 0.6 is 0 Å². The van der Waals surface area contributed by atoms with Gasteiger partial charge in [-0.15, -0.1) is 0 Å². The van der Waals surface area contributed by atoms with E-state index in [-0.39, 0.29) is 0 Å². The third-order valence-electron chi connectivity index (χ3n) is 5.09. The first-order valence-electron chi connectivity index (χ1n) is 9.68. The fraction of sp³-hybridized carbons (Fsp3) is 0.524. The molecular formula is C21H29NO3S. The molecule has 0 aliphatic carbocycles. The molecule has 0 amide bonds. The number of nitrogens with zero attached hydrogens (tertiary/aromatic N) is 1. The molecule has 0 radical (unpaired) electrons. The number of rotatable bonds is 7.